The van der Waals surface area contributed by atoms with Crippen molar-refractivity contribution in [3.8, 4) is 0 Å². The highest BCUT2D eigenvalue weighted by Gasteiger charge is 2.33. The minimum absolute atomic E-state index is 0.0517. The van der Waals surface area contributed by atoms with Crippen LogP contribution in [0.5, 0.6) is 0 Å². The number of aryl methyl sites for hydroxylation is 2. The third-order valence-corrected chi connectivity index (χ3v) is 5.61. The standard InChI is InChI=1S/C22H29N5O2/c1-22(2,3)21-24-18(29-25-21)12-7-13-19(28)27-14-8-11-17(27)20-23-15-9-5-6-10-16(15)26(20)4/h5-6,9-10,17H,7-8,11-14H2,1-4H3/t17-/m1/s1. The van der Waals surface area contributed by atoms with Crippen LogP contribution in [0.2, 0.25) is 0 Å². The third kappa shape index (κ3) is 3.91. The molecule has 0 bridgehead atoms. The number of carbonyl (C=O) groups is 1. The predicted octanol–water partition coefficient (Wildman–Crippen LogP) is 3.94. The second kappa shape index (κ2) is 7.61. The van der Waals surface area contributed by atoms with E-state index in [2.05, 4.69) is 41.5 Å². The van der Waals surface area contributed by atoms with E-state index in [0.29, 0.717) is 31.0 Å². The Bertz CT molecular complexity index is 1010. The van der Waals surface area contributed by atoms with Crippen molar-refractivity contribution in [1.82, 2.24) is 24.6 Å². The summed E-state index contributed by atoms with van der Waals surface area (Å²) in [6.07, 6.45) is 3.78. The van der Waals surface area contributed by atoms with E-state index >= 15 is 0 Å². The van der Waals surface area contributed by atoms with Crippen LogP contribution in [0, 0.1) is 0 Å². The second-order valence-corrected chi connectivity index (χ2v) is 8.88. The Morgan fingerprint density at radius 1 is 1.24 bits per heavy atom. The van der Waals surface area contributed by atoms with E-state index < -0.39 is 0 Å². The molecule has 1 aliphatic rings. The van der Waals surface area contributed by atoms with Gasteiger partial charge in [-0.1, -0.05) is 38.1 Å². The van der Waals surface area contributed by atoms with Crippen molar-refractivity contribution in [3.05, 3.63) is 41.8 Å². The van der Waals surface area contributed by atoms with Crippen LogP contribution in [-0.2, 0) is 23.7 Å². The summed E-state index contributed by atoms with van der Waals surface area (Å²) in [6, 6.07) is 8.17. The monoisotopic (exact) mass is 395 g/mol. The smallest absolute Gasteiger partial charge is 0.226 e. The van der Waals surface area contributed by atoms with Crippen molar-refractivity contribution in [3.63, 3.8) is 0 Å². The molecule has 0 N–H and O–H groups in total. The largest absolute Gasteiger partial charge is 0.339 e. The average molecular weight is 396 g/mol. The number of carbonyl (C=O) groups excluding carboxylic acids is 1. The zero-order valence-corrected chi connectivity index (χ0v) is 17.7. The molecule has 7 heteroatoms. The fourth-order valence-electron chi connectivity index (χ4n) is 3.99. The Balaban J connectivity index is 1.40. The highest BCUT2D eigenvalue weighted by Crippen LogP contribution is 2.33. The number of para-hydroxylation sites is 2. The zero-order valence-electron chi connectivity index (χ0n) is 17.7. The van der Waals surface area contributed by atoms with Gasteiger partial charge in [-0.2, -0.15) is 4.98 Å². The molecule has 0 spiro atoms. The minimum Gasteiger partial charge on any atom is -0.339 e. The summed E-state index contributed by atoms with van der Waals surface area (Å²) < 4.78 is 7.46. The maximum Gasteiger partial charge on any atom is 0.226 e. The first-order valence-corrected chi connectivity index (χ1v) is 10.4. The number of amides is 1. The summed E-state index contributed by atoms with van der Waals surface area (Å²) in [5.74, 6) is 2.47. The molecule has 0 unspecified atom stereocenters. The molecule has 4 rings (SSSR count). The molecular weight excluding hydrogens is 366 g/mol. The quantitative estimate of drug-likeness (QED) is 0.654. The maximum absolute atomic E-state index is 12.9. The Hall–Kier alpha value is -2.70. The van der Waals surface area contributed by atoms with E-state index in [4.69, 9.17) is 9.51 Å². The van der Waals surface area contributed by atoms with E-state index in [1.165, 1.54) is 0 Å². The molecule has 0 radical (unpaired) electrons. The summed E-state index contributed by atoms with van der Waals surface area (Å²) >= 11 is 0. The molecule has 1 fully saturated rings. The lowest BCUT2D eigenvalue weighted by atomic mass is 9.96. The number of aromatic nitrogens is 4. The van der Waals surface area contributed by atoms with Gasteiger partial charge in [0.1, 0.15) is 5.82 Å². The van der Waals surface area contributed by atoms with E-state index in [1.807, 2.05) is 30.1 Å². The summed E-state index contributed by atoms with van der Waals surface area (Å²) in [5.41, 5.74) is 1.95. The lowest BCUT2D eigenvalue weighted by Crippen LogP contribution is -2.31. The first-order chi connectivity index (χ1) is 13.8. The molecule has 1 aliphatic heterocycles. The normalized spacial score (nSPS) is 17.4. The molecule has 1 atom stereocenters. The van der Waals surface area contributed by atoms with Gasteiger partial charge < -0.3 is 14.0 Å². The Morgan fingerprint density at radius 3 is 2.76 bits per heavy atom. The number of imidazole rings is 1. The number of rotatable bonds is 5. The lowest BCUT2D eigenvalue weighted by Gasteiger charge is -2.24. The average Bonchev–Trinajstić information content (AvgIpc) is 3.40. The van der Waals surface area contributed by atoms with Gasteiger partial charge in [0.2, 0.25) is 11.8 Å². The fraction of sp³-hybridized carbons (Fsp3) is 0.545. The van der Waals surface area contributed by atoms with Crippen molar-refractivity contribution in [1.29, 1.82) is 0 Å². The fourth-order valence-corrected chi connectivity index (χ4v) is 3.99. The third-order valence-electron chi connectivity index (χ3n) is 5.61. The molecule has 1 saturated heterocycles. The molecular formula is C22H29N5O2. The zero-order chi connectivity index (χ0) is 20.6. The topological polar surface area (TPSA) is 77.0 Å². The van der Waals surface area contributed by atoms with Crippen molar-refractivity contribution in [2.75, 3.05) is 6.54 Å². The Morgan fingerprint density at radius 2 is 2.03 bits per heavy atom. The van der Waals surface area contributed by atoms with Crippen LogP contribution in [0.3, 0.4) is 0 Å². The molecule has 29 heavy (non-hydrogen) atoms. The molecule has 154 valence electrons. The highest BCUT2D eigenvalue weighted by atomic mass is 16.5. The molecule has 2 aromatic heterocycles. The molecule has 1 amide bonds. The van der Waals surface area contributed by atoms with Crippen molar-refractivity contribution >= 4 is 16.9 Å². The first kappa shape index (κ1) is 19.6. The number of nitrogens with zero attached hydrogens (tertiary/aromatic N) is 5. The van der Waals surface area contributed by atoms with Crippen molar-refractivity contribution < 1.29 is 9.32 Å². The van der Waals surface area contributed by atoms with E-state index in [9.17, 15) is 4.79 Å². The molecule has 1 aromatic carbocycles. The number of fused-ring (bicyclic) bond motifs is 1. The van der Waals surface area contributed by atoms with Gasteiger partial charge in [-0.15, -0.1) is 0 Å². The highest BCUT2D eigenvalue weighted by molar-refractivity contribution is 5.78. The van der Waals surface area contributed by atoms with Gasteiger partial charge in [-0.3, -0.25) is 4.79 Å². The van der Waals surface area contributed by atoms with Gasteiger partial charge in [-0.25, -0.2) is 4.98 Å². The molecule has 3 aromatic rings. The van der Waals surface area contributed by atoms with Gasteiger partial charge in [0, 0.05) is 31.8 Å². The second-order valence-electron chi connectivity index (χ2n) is 8.88. The van der Waals surface area contributed by atoms with Gasteiger partial charge in [-0.05, 0) is 31.4 Å². The van der Waals surface area contributed by atoms with Crippen LogP contribution in [0.4, 0.5) is 0 Å². The van der Waals surface area contributed by atoms with Crippen molar-refractivity contribution in [2.24, 2.45) is 7.05 Å². The number of likely N-dealkylation sites (tertiary alicyclic amines) is 1. The minimum atomic E-state index is -0.133. The van der Waals surface area contributed by atoms with E-state index in [-0.39, 0.29) is 17.4 Å². The lowest BCUT2D eigenvalue weighted by molar-refractivity contribution is -0.132. The molecule has 0 saturated carbocycles. The predicted molar refractivity (Wildman–Crippen MR) is 110 cm³/mol. The number of benzene rings is 1. The van der Waals surface area contributed by atoms with Gasteiger partial charge in [0.15, 0.2) is 5.82 Å². The molecule has 0 aliphatic carbocycles. The summed E-state index contributed by atoms with van der Waals surface area (Å²) in [6.45, 7) is 6.96. The molecule has 3 heterocycles. The van der Waals surface area contributed by atoms with Crippen LogP contribution in [0.25, 0.3) is 11.0 Å². The van der Waals surface area contributed by atoms with Gasteiger partial charge in [0.05, 0.1) is 17.1 Å². The first-order valence-electron chi connectivity index (χ1n) is 10.4. The van der Waals surface area contributed by atoms with Crippen LogP contribution in [0.15, 0.2) is 28.8 Å². The van der Waals surface area contributed by atoms with Crippen LogP contribution >= 0.6 is 0 Å². The van der Waals surface area contributed by atoms with E-state index in [0.717, 1.165) is 36.2 Å². The van der Waals surface area contributed by atoms with Crippen molar-refractivity contribution in [2.45, 2.75) is 64.3 Å². The van der Waals surface area contributed by atoms with Gasteiger partial charge >= 0.3 is 0 Å². The Kier molecular flexibility index (Phi) is 5.15. The SMILES string of the molecule is Cn1c([C@H]2CCCN2C(=O)CCCc2nc(C(C)(C)C)no2)nc2ccccc21. The summed E-state index contributed by atoms with van der Waals surface area (Å²) in [4.78, 5) is 24.2. The van der Waals surface area contributed by atoms with Gasteiger partial charge in [0.25, 0.3) is 0 Å². The van der Waals surface area contributed by atoms with E-state index in [1.54, 1.807) is 0 Å². The summed E-state index contributed by atoms with van der Waals surface area (Å²) in [7, 11) is 2.04. The molecule has 7 nitrogen and oxygen atoms in total. The summed E-state index contributed by atoms with van der Waals surface area (Å²) in [5, 5.41) is 4.05. The Labute approximate surface area is 171 Å². The van der Waals surface area contributed by atoms with Crippen LogP contribution in [0.1, 0.15) is 70.0 Å². The number of hydrogen-bond acceptors (Lipinski definition) is 5. The maximum atomic E-state index is 12.9. The van der Waals surface area contributed by atoms with Crippen LogP contribution in [-0.4, -0.2) is 37.0 Å². The van der Waals surface area contributed by atoms with Crippen LogP contribution < -0.4 is 0 Å². The number of hydrogen-bond donors (Lipinski definition) is 0.